The molecule has 0 bridgehead atoms. The van der Waals surface area contributed by atoms with Crippen LogP contribution in [0, 0.1) is 0 Å². The summed E-state index contributed by atoms with van der Waals surface area (Å²) in [5.74, 6) is 0. The Morgan fingerprint density at radius 3 is 2.73 bits per heavy atom. The van der Waals surface area contributed by atoms with Crippen LogP contribution in [0.2, 0.25) is 0 Å². The van der Waals surface area contributed by atoms with E-state index >= 15 is 0 Å². The molecule has 0 unspecified atom stereocenters. The number of aromatic nitrogens is 2. The van der Waals surface area contributed by atoms with Gasteiger partial charge in [0.2, 0.25) is 10.0 Å². The Bertz CT molecular complexity index is 394. The van der Waals surface area contributed by atoms with Crippen molar-refractivity contribution in [3.63, 3.8) is 0 Å². The molecule has 15 heavy (non-hydrogen) atoms. The minimum absolute atomic E-state index is 0.0335. The Balaban J connectivity index is 2.04. The molecule has 1 aromatic heterocycles. The van der Waals surface area contributed by atoms with Crippen LogP contribution < -0.4 is 10.0 Å². The molecule has 84 valence electrons. The van der Waals surface area contributed by atoms with Crippen molar-refractivity contribution in [2.75, 3.05) is 13.1 Å². The molecule has 1 aliphatic rings. The van der Waals surface area contributed by atoms with E-state index in [1.165, 1.54) is 12.4 Å². The molecule has 2 rings (SSSR count). The van der Waals surface area contributed by atoms with Crippen molar-refractivity contribution in [1.29, 1.82) is 0 Å². The minimum Gasteiger partial charge on any atom is -0.317 e. The van der Waals surface area contributed by atoms with E-state index in [9.17, 15) is 8.42 Å². The lowest BCUT2D eigenvalue weighted by molar-refractivity contribution is 0.427. The van der Waals surface area contributed by atoms with Gasteiger partial charge in [-0.05, 0) is 25.9 Å². The Kier molecular flexibility index (Phi) is 3.03. The number of rotatable bonds is 3. The molecular weight excluding hydrogens is 216 g/mol. The maximum Gasteiger partial charge on any atom is 0.243 e. The second-order valence-electron chi connectivity index (χ2n) is 3.58. The van der Waals surface area contributed by atoms with E-state index in [1.807, 2.05) is 0 Å². The van der Waals surface area contributed by atoms with E-state index in [4.69, 9.17) is 0 Å². The summed E-state index contributed by atoms with van der Waals surface area (Å²) in [5, 5.41) is 9.30. The third kappa shape index (κ3) is 2.55. The normalized spacial score (nSPS) is 19.2. The highest BCUT2D eigenvalue weighted by molar-refractivity contribution is 7.89. The molecule has 1 aromatic rings. The number of aromatic amines is 1. The quantitative estimate of drug-likeness (QED) is 0.649. The fourth-order valence-electron chi connectivity index (χ4n) is 1.61. The highest BCUT2D eigenvalue weighted by Gasteiger charge is 2.21. The molecule has 7 heteroatoms. The van der Waals surface area contributed by atoms with Gasteiger partial charge in [0, 0.05) is 12.2 Å². The van der Waals surface area contributed by atoms with E-state index < -0.39 is 10.0 Å². The molecule has 0 aliphatic carbocycles. The predicted molar refractivity (Wildman–Crippen MR) is 54.8 cm³/mol. The first kappa shape index (κ1) is 10.6. The smallest absolute Gasteiger partial charge is 0.243 e. The Hall–Kier alpha value is -0.920. The summed E-state index contributed by atoms with van der Waals surface area (Å²) in [4.78, 5) is 0.195. The lowest BCUT2D eigenvalue weighted by Gasteiger charge is -2.23. The Labute approximate surface area is 88.5 Å². The molecule has 1 fully saturated rings. The molecule has 6 nitrogen and oxygen atoms in total. The largest absolute Gasteiger partial charge is 0.317 e. The lowest BCUT2D eigenvalue weighted by atomic mass is 10.1. The van der Waals surface area contributed by atoms with Crippen LogP contribution >= 0.6 is 0 Å². The first-order valence-electron chi connectivity index (χ1n) is 4.90. The van der Waals surface area contributed by atoms with Gasteiger partial charge in [-0.2, -0.15) is 5.10 Å². The molecule has 0 aromatic carbocycles. The molecule has 2 heterocycles. The summed E-state index contributed by atoms with van der Waals surface area (Å²) in [6, 6.07) is 0.0335. The topological polar surface area (TPSA) is 86.9 Å². The van der Waals surface area contributed by atoms with E-state index in [0.29, 0.717) is 0 Å². The van der Waals surface area contributed by atoms with Gasteiger partial charge in [-0.15, -0.1) is 0 Å². The van der Waals surface area contributed by atoms with Gasteiger partial charge in [-0.3, -0.25) is 5.10 Å². The average molecular weight is 230 g/mol. The zero-order valence-electron chi connectivity index (χ0n) is 8.23. The van der Waals surface area contributed by atoms with Gasteiger partial charge in [0.1, 0.15) is 4.90 Å². The van der Waals surface area contributed by atoms with Gasteiger partial charge in [0.25, 0.3) is 0 Å². The molecule has 0 spiro atoms. The summed E-state index contributed by atoms with van der Waals surface area (Å²) in [7, 11) is -3.39. The van der Waals surface area contributed by atoms with Crippen molar-refractivity contribution in [2.45, 2.75) is 23.8 Å². The van der Waals surface area contributed by atoms with Gasteiger partial charge in [0.05, 0.1) is 6.20 Å². The van der Waals surface area contributed by atoms with Gasteiger partial charge in [0.15, 0.2) is 0 Å². The van der Waals surface area contributed by atoms with Crippen LogP contribution in [-0.2, 0) is 10.0 Å². The molecule has 3 N–H and O–H groups in total. The first-order chi connectivity index (χ1) is 7.18. The standard InChI is InChI=1S/C8H14N4O2S/c13-15(14,8-5-10-11-6-8)12-7-1-3-9-4-2-7/h5-7,9,12H,1-4H2,(H,10,11). The molecule has 0 radical (unpaired) electrons. The van der Waals surface area contributed by atoms with Gasteiger partial charge < -0.3 is 5.32 Å². The number of nitrogens with zero attached hydrogens (tertiary/aromatic N) is 1. The van der Waals surface area contributed by atoms with E-state index in [0.717, 1.165) is 25.9 Å². The SMILES string of the molecule is O=S(=O)(NC1CCNCC1)c1cn[nH]c1. The van der Waals surface area contributed by atoms with Gasteiger partial charge in [-0.1, -0.05) is 0 Å². The Morgan fingerprint density at radius 2 is 2.13 bits per heavy atom. The maximum absolute atomic E-state index is 11.8. The van der Waals surface area contributed by atoms with Crippen molar-refractivity contribution >= 4 is 10.0 Å². The highest BCUT2D eigenvalue weighted by atomic mass is 32.2. The lowest BCUT2D eigenvalue weighted by Crippen LogP contribution is -2.42. The van der Waals surface area contributed by atoms with Crippen LogP contribution in [0.5, 0.6) is 0 Å². The van der Waals surface area contributed by atoms with Crippen LogP contribution in [0.4, 0.5) is 0 Å². The molecule has 0 amide bonds. The predicted octanol–water partition coefficient (Wildman–Crippen LogP) is -0.560. The second kappa shape index (κ2) is 4.30. The van der Waals surface area contributed by atoms with Crippen molar-refractivity contribution in [2.24, 2.45) is 0 Å². The van der Waals surface area contributed by atoms with Crippen LogP contribution in [0.25, 0.3) is 0 Å². The van der Waals surface area contributed by atoms with Crippen molar-refractivity contribution in [3.8, 4) is 0 Å². The summed E-state index contributed by atoms with van der Waals surface area (Å²) in [6.45, 7) is 1.72. The summed E-state index contributed by atoms with van der Waals surface area (Å²) < 4.78 is 26.2. The zero-order chi connectivity index (χ0) is 10.7. The summed E-state index contributed by atoms with van der Waals surface area (Å²) in [6.07, 6.45) is 4.35. The van der Waals surface area contributed by atoms with Crippen molar-refractivity contribution in [1.82, 2.24) is 20.2 Å². The fourth-order valence-corrected chi connectivity index (χ4v) is 2.82. The molecule has 0 atom stereocenters. The number of nitrogens with one attached hydrogen (secondary N) is 3. The van der Waals surface area contributed by atoms with Crippen molar-refractivity contribution in [3.05, 3.63) is 12.4 Å². The number of hydrogen-bond acceptors (Lipinski definition) is 4. The zero-order valence-corrected chi connectivity index (χ0v) is 9.05. The number of sulfonamides is 1. The third-order valence-corrected chi connectivity index (χ3v) is 3.93. The van der Waals surface area contributed by atoms with Gasteiger partial charge >= 0.3 is 0 Å². The summed E-state index contributed by atoms with van der Waals surface area (Å²) in [5.41, 5.74) is 0. The average Bonchev–Trinajstić information content (AvgIpc) is 2.71. The number of hydrogen-bond donors (Lipinski definition) is 3. The van der Waals surface area contributed by atoms with Crippen molar-refractivity contribution < 1.29 is 8.42 Å². The molecular formula is C8H14N4O2S. The molecule has 1 aliphatic heterocycles. The third-order valence-electron chi connectivity index (χ3n) is 2.44. The summed E-state index contributed by atoms with van der Waals surface area (Å²) >= 11 is 0. The van der Waals surface area contributed by atoms with E-state index in [-0.39, 0.29) is 10.9 Å². The highest BCUT2D eigenvalue weighted by Crippen LogP contribution is 2.09. The molecule has 1 saturated heterocycles. The van der Waals surface area contributed by atoms with Gasteiger partial charge in [-0.25, -0.2) is 13.1 Å². The van der Waals surface area contributed by atoms with E-state index in [2.05, 4.69) is 20.2 Å². The maximum atomic E-state index is 11.8. The molecule has 0 saturated carbocycles. The number of piperidine rings is 1. The number of H-pyrrole nitrogens is 1. The second-order valence-corrected chi connectivity index (χ2v) is 5.29. The van der Waals surface area contributed by atoms with Crippen LogP contribution in [-0.4, -0.2) is 37.7 Å². The van der Waals surface area contributed by atoms with E-state index in [1.54, 1.807) is 0 Å². The monoisotopic (exact) mass is 230 g/mol. The van der Waals surface area contributed by atoms with Crippen LogP contribution in [0.15, 0.2) is 17.3 Å². The fraction of sp³-hybridized carbons (Fsp3) is 0.625. The first-order valence-corrected chi connectivity index (χ1v) is 6.38. The minimum atomic E-state index is -3.39. The van der Waals surface area contributed by atoms with Crippen LogP contribution in [0.3, 0.4) is 0 Å². The van der Waals surface area contributed by atoms with Crippen LogP contribution in [0.1, 0.15) is 12.8 Å². The Morgan fingerprint density at radius 1 is 1.40 bits per heavy atom.